The summed E-state index contributed by atoms with van der Waals surface area (Å²) in [6.45, 7) is 0. The first-order chi connectivity index (χ1) is 5.66. The predicted octanol–water partition coefficient (Wildman–Crippen LogP) is 1.60. The van der Waals surface area contributed by atoms with Crippen LogP contribution in [0.15, 0.2) is 11.4 Å². The van der Waals surface area contributed by atoms with Crippen LogP contribution >= 0.6 is 11.3 Å². The number of anilines is 1. The molecule has 0 bridgehead atoms. The average Bonchev–Trinajstić information content (AvgIpc) is 2.50. The normalized spacial score (nSPS) is 9.58. The highest BCUT2D eigenvalue weighted by Crippen LogP contribution is 2.24. The molecular formula is C8H11NO2S. The summed E-state index contributed by atoms with van der Waals surface area (Å²) >= 11 is 1.39. The molecule has 0 unspecified atom stereocenters. The number of nitrogens with zero attached hydrogens (tertiary/aromatic N) is 1. The highest BCUT2D eigenvalue weighted by Gasteiger charge is 2.13. The third-order valence-corrected chi connectivity index (χ3v) is 2.38. The van der Waals surface area contributed by atoms with Gasteiger partial charge in [0.15, 0.2) is 0 Å². The molecule has 0 amide bonds. The van der Waals surface area contributed by atoms with Crippen LogP contribution in [-0.2, 0) is 4.74 Å². The maximum Gasteiger partial charge on any atom is 0.350 e. The molecule has 0 spiro atoms. The van der Waals surface area contributed by atoms with Crippen molar-refractivity contribution in [3.05, 3.63) is 16.3 Å². The first kappa shape index (κ1) is 9.06. The van der Waals surface area contributed by atoms with Gasteiger partial charge in [0.25, 0.3) is 0 Å². The van der Waals surface area contributed by atoms with Crippen molar-refractivity contribution in [2.24, 2.45) is 0 Å². The predicted molar refractivity (Wildman–Crippen MR) is 50.0 cm³/mol. The van der Waals surface area contributed by atoms with Gasteiger partial charge in [0.05, 0.1) is 12.8 Å². The van der Waals surface area contributed by atoms with Crippen molar-refractivity contribution in [3.8, 4) is 0 Å². The number of ether oxygens (including phenoxy) is 1. The van der Waals surface area contributed by atoms with E-state index in [1.54, 1.807) is 0 Å². The standard InChI is InChI=1S/C8H11NO2S/c1-9(2)6-4-5-12-7(6)8(10)11-3/h4-5H,1-3H3. The molecule has 0 atom stereocenters. The van der Waals surface area contributed by atoms with Gasteiger partial charge in [-0.3, -0.25) is 0 Å². The first-order valence-electron chi connectivity index (χ1n) is 3.50. The molecule has 1 aromatic heterocycles. The van der Waals surface area contributed by atoms with Crippen molar-refractivity contribution in [1.29, 1.82) is 0 Å². The van der Waals surface area contributed by atoms with E-state index in [1.807, 2.05) is 30.4 Å². The maximum atomic E-state index is 11.2. The maximum absolute atomic E-state index is 11.2. The van der Waals surface area contributed by atoms with Crippen LogP contribution in [0, 0.1) is 0 Å². The third-order valence-electron chi connectivity index (χ3n) is 1.50. The topological polar surface area (TPSA) is 29.5 Å². The molecule has 0 aromatic carbocycles. The second-order valence-electron chi connectivity index (χ2n) is 2.52. The molecule has 0 radical (unpaired) electrons. The quantitative estimate of drug-likeness (QED) is 0.655. The summed E-state index contributed by atoms with van der Waals surface area (Å²) in [4.78, 5) is 13.7. The van der Waals surface area contributed by atoms with E-state index in [-0.39, 0.29) is 5.97 Å². The summed E-state index contributed by atoms with van der Waals surface area (Å²) in [5, 5.41) is 1.88. The number of methoxy groups -OCH3 is 1. The SMILES string of the molecule is COC(=O)c1sccc1N(C)C. The van der Waals surface area contributed by atoms with Crippen molar-refractivity contribution >= 4 is 23.0 Å². The molecule has 0 N–H and O–H groups in total. The van der Waals surface area contributed by atoms with Crippen LogP contribution in [0.5, 0.6) is 0 Å². The van der Waals surface area contributed by atoms with Gasteiger partial charge in [-0.2, -0.15) is 0 Å². The molecule has 3 nitrogen and oxygen atoms in total. The van der Waals surface area contributed by atoms with Crippen LogP contribution in [-0.4, -0.2) is 27.2 Å². The Kier molecular flexibility index (Phi) is 2.70. The van der Waals surface area contributed by atoms with E-state index in [2.05, 4.69) is 4.74 Å². The van der Waals surface area contributed by atoms with Crippen LogP contribution in [0.2, 0.25) is 0 Å². The number of rotatable bonds is 2. The van der Waals surface area contributed by atoms with Crippen molar-refractivity contribution in [1.82, 2.24) is 0 Å². The Bertz CT molecular complexity index is 280. The smallest absolute Gasteiger partial charge is 0.350 e. The Hall–Kier alpha value is -1.03. The molecule has 0 aliphatic heterocycles. The van der Waals surface area contributed by atoms with E-state index in [0.717, 1.165) is 5.69 Å². The lowest BCUT2D eigenvalue weighted by atomic mass is 10.4. The number of carbonyl (C=O) groups is 1. The van der Waals surface area contributed by atoms with E-state index in [9.17, 15) is 4.79 Å². The fourth-order valence-electron chi connectivity index (χ4n) is 0.900. The Balaban J connectivity index is 2.99. The fourth-order valence-corrected chi connectivity index (χ4v) is 1.78. The van der Waals surface area contributed by atoms with Gasteiger partial charge in [0, 0.05) is 14.1 Å². The zero-order valence-corrected chi connectivity index (χ0v) is 8.14. The van der Waals surface area contributed by atoms with E-state index < -0.39 is 0 Å². The molecule has 1 rings (SSSR count). The Morgan fingerprint density at radius 2 is 2.25 bits per heavy atom. The minimum absolute atomic E-state index is 0.270. The molecule has 0 saturated carbocycles. The zero-order valence-electron chi connectivity index (χ0n) is 7.33. The van der Waals surface area contributed by atoms with Crippen LogP contribution in [0.4, 0.5) is 5.69 Å². The minimum atomic E-state index is -0.270. The van der Waals surface area contributed by atoms with Crippen LogP contribution < -0.4 is 4.90 Å². The van der Waals surface area contributed by atoms with Gasteiger partial charge in [-0.05, 0) is 11.4 Å². The Morgan fingerprint density at radius 1 is 1.58 bits per heavy atom. The average molecular weight is 185 g/mol. The van der Waals surface area contributed by atoms with Crippen molar-refractivity contribution in [2.45, 2.75) is 0 Å². The van der Waals surface area contributed by atoms with Crippen molar-refractivity contribution < 1.29 is 9.53 Å². The van der Waals surface area contributed by atoms with Crippen LogP contribution in [0.25, 0.3) is 0 Å². The van der Waals surface area contributed by atoms with Crippen LogP contribution in [0.1, 0.15) is 9.67 Å². The fraction of sp³-hybridized carbons (Fsp3) is 0.375. The third kappa shape index (κ3) is 1.58. The lowest BCUT2D eigenvalue weighted by molar-refractivity contribution is 0.0607. The molecule has 1 heterocycles. The molecule has 12 heavy (non-hydrogen) atoms. The summed E-state index contributed by atoms with van der Waals surface area (Å²) in [6.07, 6.45) is 0. The van der Waals surface area contributed by atoms with E-state index >= 15 is 0 Å². The van der Waals surface area contributed by atoms with E-state index in [0.29, 0.717) is 4.88 Å². The molecular weight excluding hydrogens is 174 g/mol. The number of thiophene rings is 1. The van der Waals surface area contributed by atoms with Crippen LogP contribution in [0.3, 0.4) is 0 Å². The second kappa shape index (κ2) is 3.58. The summed E-state index contributed by atoms with van der Waals surface area (Å²) in [5.41, 5.74) is 0.909. The van der Waals surface area contributed by atoms with Gasteiger partial charge < -0.3 is 9.64 Å². The Morgan fingerprint density at radius 3 is 2.75 bits per heavy atom. The summed E-state index contributed by atoms with van der Waals surface area (Å²) < 4.78 is 4.63. The van der Waals surface area contributed by atoms with Gasteiger partial charge >= 0.3 is 5.97 Å². The number of hydrogen-bond donors (Lipinski definition) is 0. The summed E-state index contributed by atoms with van der Waals surface area (Å²) in [5.74, 6) is -0.270. The molecule has 4 heteroatoms. The van der Waals surface area contributed by atoms with E-state index in [4.69, 9.17) is 0 Å². The molecule has 0 fully saturated rings. The molecule has 66 valence electrons. The number of hydrogen-bond acceptors (Lipinski definition) is 4. The van der Waals surface area contributed by atoms with E-state index in [1.165, 1.54) is 18.4 Å². The second-order valence-corrected chi connectivity index (χ2v) is 3.44. The number of carbonyl (C=O) groups excluding carboxylic acids is 1. The molecule has 0 saturated heterocycles. The van der Waals surface area contributed by atoms with Gasteiger partial charge in [0.1, 0.15) is 4.88 Å². The van der Waals surface area contributed by atoms with Gasteiger partial charge in [-0.15, -0.1) is 11.3 Å². The molecule has 1 aromatic rings. The van der Waals surface area contributed by atoms with Crippen molar-refractivity contribution in [3.63, 3.8) is 0 Å². The lowest BCUT2D eigenvalue weighted by Crippen LogP contribution is -2.12. The lowest BCUT2D eigenvalue weighted by Gasteiger charge is -2.11. The van der Waals surface area contributed by atoms with Crippen molar-refractivity contribution in [2.75, 3.05) is 26.1 Å². The summed E-state index contributed by atoms with van der Waals surface area (Å²) in [6, 6.07) is 1.90. The Labute approximate surface area is 75.6 Å². The highest BCUT2D eigenvalue weighted by atomic mass is 32.1. The van der Waals surface area contributed by atoms with Gasteiger partial charge in [-0.1, -0.05) is 0 Å². The minimum Gasteiger partial charge on any atom is -0.465 e. The van der Waals surface area contributed by atoms with Gasteiger partial charge in [0.2, 0.25) is 0 Å². The first-order valence-corrected chi connectivity index (χ1v) is 4.38. The largest absolute Gasteiger partial charge is 0.465 e. The number of esters is 1. The summed E-state index contributed by atoms with van der Waals surface area (Å²) in [7, 11) is 5.18. The zero-order chi connectivity index (χ0) is 9.14. The van der Waals surface area contributed by atoms with Gasteiger partial charge in [-0.25, -0.2) is 4.79 Å². The molecule has 0 aliphatic rings. The highest BCUT2D eigenvalue weighted by molar-refractivity contribution is 7.12. The molecule has 0 aliphatic carbocycles. The monoisotopic (exact) mass is 185 g/mol.